The second kappa shape index (κ2) is 3.67. The van der Waals surface area contributed by atoms with Crippen LogP contribution < -0.4 is 0 Å². The minimum atomic E-state index is -0.478. The van der Waals surface area contributed by atoms with Crippen LogP contribution in [0.4, 0.5) is 8.78 Å². The number of hydrogen-bond acceptors (Lipinski definition) is 3. The zero-order chi connectivity index (χ0) is 10.1. The van der Waals surface area contributed by atoms with Crippen LogP contribution >= 0.6 is 24.0 Å². The highest BCUT2D eigenvalue weighted by Gasteiger charge is 2.09. The summed E-state index contributed by atoms with van der Waals surface area (Å²) < 4.78 is 26.1. The molecule has 0 saturated carbocycles. The van der Waals surface area contributed by atoms with E-state index in [-0.39, 0.29) is 5.56 Å². The van der Waals surface area contributed by atoms with Crippen LogP contribution in [0.15, 0.2) is 28.6 Å². The zero-order valence-corrected chi connectivity index (χ0v) is 8.58. The number of rotatable bonds is 1. The largest absolute Gasteiger partial charge is 0.230 e. The van der Waals surface area contributed by atoms with E-state index in [9.17, 15) is 8.78 Å². The molecular weight excluding hydrogens is 224 g/mol. The second-order valence-electron chi connectivity index (χ2n) is 2.64. The zero-order valence-electron chi connectivity index (χ0n) is 6.87. The van der Waals surface area contributed by atoms with E-state index >= 15 is 0 Å². The van der Waals surface area contributed by atoms with Crippen molar-refractivity contribution in [2.45, 2.75) is 5.03 Å². The summed E-state index contributed by atoms with van der Waals surface area (Å²) in [4.78, 5) is 3.96. The van der Waals surface area contributed by atoms with Crippen LogP contribution in [0, 0.1) is 11.6 Å². The van der Waals surface area contributed by atoms with Gasteiger partial charge in [-0.2, -0.15) is 0 Å². The van der Waals surface area contributed by atoms with Gasteiger partial charge in [0, 0.05) is 10.9 Å². The van der Waals surface area contributed by atoms with Crippen LogP contribution in [0.1, 0.15) is 0 Å². The van der Waals surface area contributed by atoms with Crippen molar-refractivity contribution in [2.75, 3.05) is 0 Å². The van der Waals surface area contributed by atoms with E-state index in [1.807, 2.05) is 0 Å². The number of nitrogens with zero attached hydrogens (tertiary/aromatic N) is 1. The van der Waals surface area contributed by atoms with Gasteiger partial charge in [-0.3, -0.25) is 0 Å². The Kier molecular flexibility index (Phi) is 2.52. The normalized spacial score (nSPS) is 10.5. The highest BCUT2D eigenvalue weighted by molar-refractivity contribution is 7.80. The van der Waals surface area contributed by atoms with Crippen molar-refractivity contribution in [2.24, 2.45) is 0 Å². The summed E-state index contributed by atoms with van der Waals surface area (Å²) in [7, 11) is 0. The third-order valence-electron chi connectivity index (χ3n) is 1.65. The molecule has 0 amide bonds. The number of hydrogen-bond donors (Lipinski definition) is 1. The Bertz CT molecular complexity index is 468. The molecule has 0 unspecified atom stereocenters. The van der Waals surface area contributed by atoms with Gasteiger partial charge in [0.25, 0.3) is 0 Å². The topological polar surface area (TPSA) is 12.9 Å². The molecule has 72 valence electrons. The first-order valence-corrected chi connectivity index (χ1v) is 5.09. The molecule has 0 fully saturated rings. The molecule has 0 aliphatic carbocycles. The Morgan fingerprint density at radius 2 is 2.07 bits per heavy atom. The Morgan fingerprint density at radius 1 is 1.29 bits per heavy atom. The quantitative estimate of drug-likeness (QED) is 0.740. The van der Waals surface area contributed by atoms with Crippen LogP contribution in [-0.2, 0) is 0 Å². The van der Waals surface area contributed by atoms with Gasteiger partial charge in [0.05, 0.1) is 0 Å². The minimum Gasteiger partial charge on any atom is -0.230 e. The first-order valence-electron chi connectivity index (χ1n) is 3.77. The molecule has 0 saturated heterocycles. The third kappa shape index (κ3) is 1.78. The molecule has 5 heteroatoms. The van der Waals surface area contributed by atoms with Gasteiger partial charge in [0.2, 0.25) is 0 Å². The van der Waals surface area contributed by atoms with E-state index in [4.69, 9.17) is 0 Å². The summed E-state index contributed by atoms with van der Waals surface area (Å²) in [6.07, 6.45) is 0. The van der Waals surface area contributed by atoms with Crippen LogP contribution in [0.3, 0.4) is 0 Å². The highest BCUT2D eigenvalue weighted by Crippen LogP contribution is 2.27. The maximum atomic E-state index is 13.2. The van der Waals surface area contributed by atoms with Gasteiger partial charge >= 0.3 is 0 Å². The average molecular weight is 229 g/mol. The first kappa shape index (κ1) is 9.61. The lowest BCUT2D eigenvalue weighted by atomic mass is 10.2. The minimum absolute atomic E-state index is 0.176. The van der Waals surface area contributed by atoms with Crippen LogP contribution in [0.5, 0.6) is 0 Å². The van der Waals surface area contributed by atoms with Crippen molar-refractivity contribution < 1.29 is 8.78 Å². The first-order chi connectivity index (χ1) is 6.66. The number of benzene rings is 1. The van der Waals surface area contributed by atoms with E-state index in [1.54, 1.807) is 5.38 Å². The molecule has 1 aromatic heterocycles. The lowest BCUT2D eigenvalue weighted by molar-refractivity contribution is 0.603. The highest BCUT2D eigenvalue weighted by atomic mass is 32.1. The number of halogens is 2. The molecule has 0 bridgehead atoms. The standard InChI is InChI=1S/C9H5F2NS2/c10-5-1-2-7(11)6(3-5)9-12-8(13)4-14-9/h1-4,13H. The fourth-order valence-electron chi connectivity index (χ4n) is 1.05. The second-order valence-corrected chi connectivity index (χ2v) is 3.95. The van der Waals surface area contributed by atoms with E-state index in [2.05, 4.69) is 17.6 Å². The Labute approximate surface area is 88.8 Å². The average Bonchev–Trinajstić information content (AvgIpc) is 2.56. The fourth-order valence-corrected chi connectivity index (χ4v) is 2.08. The predicted molar refractivity (Wildman–Crippen MR) is 54.7 cm³/mol. The van der Waals surface area contributed by atoms with Crippen molar-refractivity contribution in [1.29, 1.82) is 0 Å². The molecule has 0 atom stereocenters. The summed E-state index contributed by atoms with van der Waals surface area (Å²) in [5, 5.41) is 2.61. The van der Waals surface area contributed by atoms with Crippen molar-refractivity contribution in [3.63, 3.8) is 0 Å². The SMILES string of the molecule is Fc1ccc(F)c(-c2nc(S)cs2)c1. The van der Waals surface area contributed by atoms with Crippen LogP contribution in [-0.4, -0.2) is 4.98 Å². The molecule has 14 heavy (non-hydrogen) atoms. The van der Waals surface area contributed by atoms with Gasteiger partial charge in [-0.15, -0.1) is 24.0 Å². The van der Waals surface area contributed by atoms with Crippen LogP contribution in [0.25, 0.3) is 10.6 Å². The lowest BCUT2D eigenvalue weighted by Crippen LogP contribution is -1.85. The van der Waals surface area contributed by atoms with Gasteiger partial charge in [0.1, 0.15) is 21.7 Å². The van der Waals surface area contributed by atoms with E-state index in [0.717, 1.165) is 18.2 Å². The fraction of sp³-hybridized carbons (Fsp3) is 0. The summed E-state index contributed by atoms with van der Waals surface area (Å²) in [5.74, 6) is -0.952. The molecule has 0 aliphatic heterocycles. The molecule has 0 N–H and O–H groups in total. The molecule has 1 aromatic carbocycles. The van der Waals surface area contributed by atoms with Crippen LogP contribution in [0.2, 0.25) is 0 Å². The van der Waals surface area contributed by atoms with Crippen molar-refractivity contribution in [3.05, 3.63) is 35.2 Å². The molecule has 0 radical (unpaired) electrons. The van der Waals surface area contributed by atoms with Crippen molar-refractivity contribution in [3.8, 4) is 10.6 Å². The van der Waals surface area contributed by atoms with Gasteiger partial charge in [-0.05, 0) is 18.2 Å². The molecule has 2 aromatic rings. The predicted octanol–water partition coefficient (Wildman–Crippen LogP) is 3.38. The monoisotopic (exact) mass is 229 g/mol. The summed E-state index contributed by atoms with van der Waals surface area (Å²) in [6.45, 7) is 0. The maximum absolute atomic E-state index is 13.2. The number of thiazole rings is 1. The lowest BCUT2D eigenvalue weighted by Gasteiger charge is -1.98. The molecule has 1 nitrogen and oxygen atoms in total. The van der Waals surface area contributed by atoms with E-state index in [0.29, 0.717) is 10.0 Å². The number of thiol groups is 1. The van der Waals surface area contributed by atoms with Gasteiger partial charge in [-0.25, -0.2) is 13.8 Å². The van der Waals surface area contributed by atoms with Gasteiger partial charge in [-0.1, -0.05) is 0 Å². The molecular formula is C9H5F2NS2. The third-order valence-corrected chi connectivity index (χ3v) is 2.93. The molecule has 0 spiro atoms. The van der Waals surface area contributed by atoms with Crippen molar-refractivity contribution in [1.82, 2.24) is 4.98 Å². The Hall–Kier alpha value is -0.940. The molecule has 2 rings (SSSR count). The van der Waals surface area contributed by atoms with Gasteiger partial charge in [0.15, 0.2) is 0 Å². The van der Waals surface area contributed by atoms with E-state index < -0.39 is 11.6 Å². The summed E-state index contributed by atoms with van der Waals surface area (Å²) in [6, 6.07) is 3.29. The Balaban J connectivity index is 2.55. The summed E-state index contributed by atoms with van der Waals surface area (Å²) >= 11 is 5.23. The smallest absolute Gasteiger partial charge is 0.133 e. The summed E-state index contributed by atoms with van der Waals surface area (Å²) in [5.41, 5.74) is 0.176. The van der Waals surface area contributed by atoms with E-state index in [1.165, 1.54) is 11.3 Å². The van der Waals surface area contributed by atoms with Crippen molar-refractivity contribution >= 4 is 24.0 Å². The van der Waals surface area contributed by atoms with Gasteiger partial charge < -0.3 is 0 Å². The Morgan fingerprint density at radius 3 is 2.71 bits per heavy atom. The molecule has 1 heterocycles. The number of aromatic nitrogens is 1. The maximum Gasteiger partial charge on any atom is 0.133 e. The molecule has 0 aliphatic rings.